The fraction of sp³-hybridized carbons (Fsp3) is 0.611. The van der Waals surface area contributed by atoms with E-state index in [1.54, 1.807) is 11.0 Å². The van der Waals surface area contributed by atoms with Gasteiger partial charge in [0.2, 0.25) is 0 Å². The predicted octanol–water partition coefficient (Wildman–Crippen LogP) is 4.17. The van der Waals surface area contributed by atoms with Crippen LogP contribution >= 0.6 is 15.9 Å². The molecule has 0 saturated carbocycles. The smallest absolute Gasteiger partial charge is 0.410 e. The van der Waals surface area contributed by atoms with Crippen molar-refractivity contribution in [1.82, 2.24) is 10.2 Å². The van der Waals surface area contributed by atoms with Gasteiger partial charge in [-0.25, -0.2) is 4.79 Å². The zero-order valence-corrected chi connectivity index (χ0v) is 16.3. The Kier molecular flexibility index (Phi) is 5.25. The van der Waals surface area contributed by atoms with Gasteiger partial charge in [-0.2, -0.15) is 4.39 Å². The second kappa shape index (κ2) is 7.11. The Morgan fingerprint density at radius 1 is 1.36 bits per heavy atom. The molecule has 2 aliphatic heterocycles. The van der Waals surface area contributed by atoms with Gasteiger partial charge in [-0.05, 0) is 45.7 Å². The van der Waals surface area contributed by atoms with Gasteiger partial charge < -0.3 is 19.7 Å². The number of rotatable bonds is 2. The van der Waals surface area contributed by atoms with Gasteiger partial charge in [-0.3, -0.25) is 0 Å². The molecular formula is C18H24BrFN2O3. The van der Waals surface area contributed by atoms with Crippen LogP contribution in [0.4, 0.5) is 9.18 Å². The van der Waals surface area contributed by atoms with Crippen LogP contribution in [-0.2, 0) is 4.74 Å². The molecule has 0 aromatic heterocycles. The van der Waals surface area contributed by atoms with E-state index < -0.39 is 18.0 Å². The number of hydrogen-bond donors (Lipinski definition) is 1. The normalized spacial score (nSPS) is 24.0. The summed E-state index contributed by atoms with van der Waals surface area (Å²) in [5.74, 6) is 0.575. The lowest BCUT2D eigenvalue weighted by atomic mass is 10.0. The van der Waals surface area contributed by atoms with Crippen LogP contribution in [0.2, 0.25) is 0 Å². The number of amides is 1. The first-order valence-corrected chi connectivity index (χ1v) is 9.36. The summed E-state index contributed by atoms with van der Waals surface area (Å²) in [5.41, 5.74) is 0.345. The van der Waals surface area contributed by atoms with Crippen LogP contribution in [0.1, 0.15) is 45.2 Å². The van der Waals surface area contributed by atoms with E-state index in [0.717, 1.165) is 22.9 Å². The molecule has 1 N–H and O–H groups in total. The Bertz CT molecular complexity index is 642. The van der Waals surface area contributed by atoms with Crippen molar-refractivity contribution in [1.29, 1.82) is 0 Å². The number of piperidine rings is 1. The molecule has 3 rings (SSSR count). The van der Waals surface area contributed by atoms with Crippen molar-refractivity contribution in [2.75, 3.05) is 13.1 Å². The number of alkyl halides is 1. The highest BCUT2D eigenvalue weighted by Gasteiger charge is 2.37. The highest BCUT2D eigenvalue weighted by atomic mass is 79.9. The fourth-order valence-electron chi connectivity index (χ4n) is 3.17. The summed E-state index contributed by atoms with van der Waals surface area (Å²) < 4.78 is 25.9. The van der Waals surface area contributed by atoms with E-state index in [0.29, 0.717) is 18.8 Å². The van der Waals surface area contributed by atoms with Gasteiger partial charge in [-0.15, -0.1) is 0 Å². The highest BCUT2D eigenvalue weighted by Crippen LogP contribution is 2.39. The number of ether oxygens (including phenoxy) is 2. The SMILES string of the molecule is CC(C)(C)OC(=O)N1CCC(NC2c3ccc(Br)cc3OC2F)CC1. The Morgan fingerprint density at radius 2 is 2.04 bits per heavy atom. The number of halogens is 2. The van der Waals surface area contributed by atoms with E-state index in [-0.39, 0.29) is 12.1 Å². The van der Waals surface area contributed by atoms with Gasteiger partial charge >= 0.3 is 6.09 Å². The molecule has 2 aliphatic rings. The zero-order valence-electron chi connectivity index (χ0n) is 14.7. The lowest BCUT2D eigenvalue weighted by molar-refractivity contribution is 0.0166. The molecule has 0 aliphatic carbocycles. The third-order valence-corrected chi connectivity index (χ3v) is 4.87. The van der Waals surface area contributed by atoms with E-state index in [9.17, 15) is 9.18 Å². The van der Waals surface area contributed by atoms with Crippen LogP contribution in [0.3, 0.4) is 0 Å². The molecule has 138 valence electrons. The summed E-state index contributed by atoms with van der Waals surface area (Å²) in [7, 11) is 0. The molecule has 1 saturated heterocycles. The molecule has 2 unspecified atom stereocenters. The summed E-state index contributed by atoms with van der Waals surface area (Å²) in [4.78, 5) is 13.8. The van der Waals surface area contributed by atoms with Crippen molar-refractivity contribution in [3.63, 3.8) is 0 Å². The topological polar surface area (TPSA) is 50.8 Å². The molecule has 1 aromatic rings. The zero-order chi connectivity index (χ0) is 18.2. The minimum atomic E-state index is -1.40. The van der Waals surface area contributed by atoms with Gasteiger partial charge in [0.15, 0.2) is 0 Å². The number of nitrogens with zero attached hydrogens (tertiary/aromatic N) is 1. The van der Waals surface area contributed by atoms with Crippen molar-refractivity contribution >= 4 is 22.0 Å². The molecule has 1 amide bonds. The second-order valence-electron chi connectivity index (χ2n) is 7.54. The first kappa shape index (κ1) is 18.5. The lowest BCUT2D eigenvalue weighted by Gasteiger charge is -2.35. The molecule has 1 aromatic carbocycles. The van der Waals surface area contributed by atoms with Crippen LogP contribution in [-0.4, -0.2) is 42.1 Å². The molecule has 25 heavy (non-hydrogen) atoms. The molecule has 0 bridgehead atoms. The number of carbonyl (C=O) groups excluding carboxylic acids is 1. The maximum absolute atomic E-state index is 14.3. The molecule has 5 nitrogen and oxygen atoms in total. The van der Waals surface area contributed by atoms with Crippen molar-refractivity contribution in [2.24, 2.45) is 0 Å². The summed E-state index contributed by atoms with van der Waals surface area (Å²) in [6.45, 7) is 6.78. The largest absolute Gasteiger partial charge is 0.458 e. The van der Waals surface area contributed by atoms with E-state index >= 15 is 0 Å². The first-order valence-electron chi connectivity index (χ1n) is 8.57. The van der Waals surface area contributed by atoms with E-state index in [2.05, 4.69) is 21.2 Å². The third kappa shape index (κ3) is 4.44. The molecular weight excluding hydrogens is 391 g/mol. The van der Waals surface area contributed by atoms with E-state index in [4.69, 9.17) is 9.47 Å². The summed E-state index contributed by atoms with van der Waals surface area (Å²) in [6.07, 6.45) is -0.162. The maximum atomic E-state index is 14.3. The molecule has 1 fully saturated rings. The molecule has 2 heterocycles. The summed E-state index contributed by atoms with van der Waals surface area (Å²) >= 11 is 3.37. The maximum Gasteiger partial charge on any atom is 0.410 e. The number of fused-ring (bicyclic) bond motifs is 1. The van der Waals surface area contributed by atoms with Gasteiger partial charge in [0.1, 0.15) is 17.4 Å². The Morgan fingerprint density at radius 3 is 2.68 bits per heavy atom. The Hall–Kier alpha value is -1.34. The first-order chi connectivity index (χ1) is 11.7. The lowest BCUT2D eigenvalue weighted by Crippen LogP contribution is -2.48. The standard InChI is InChI=1S/C18H24BrFN2O3/c1-18(2,3)25-17(23)22-8-6-12(7-9-22)21-15-13-5-4-11(19)10-14(13)24-16(15)20/h4-5,10,12,15-16,21H,6-9H2,1-3H3. The summed E-state index contributed by atoms with van der Waals surface area (Å²) in [6, 6.07) is 5.22. The second-order valence-corrected chi connectivity index (χ2v) is 8.45. The van der Waals surface area contributed by atoms with Crippen LogP contribution in [0.25, 0.3) is 0 Å². The van der Waals surface area contributed by atoms with Crippen LogP contribution in [0.5, 0.6) is 5.75 Å². The van der Waals surface area contributed by atoms with Gasteiger partial charge in [0, 0.05) is 29.2 Å². The quantitative estimate of drug-likeness (QED) is 0.788. The number of hydrogen-bond acceptors (Lipinski definition) is 4. The summed E-state index contributed by atoms with van der Waals surface area (Å²) in [5, 5.41) is 3.36. The highest BCUT2D eigenvalue weighted by molar-refractivity contribution is 9.10. The Labute approximate surface area is 156 Å². The minimum Gasteiger partial charge on any atom is -0.458 e. The third-order valence-electron chi connectivity index (χ3n) is 4.37. The van der Waals surface area contributed by atoms with Crippen molar-refractivity contribution < 1.29 is 18.7 Å². The average molecular weight is 415 g/mol. The van der Waals surface area contributed by atoms with Gasteiger partial charge in [-0.1, -0.05) is 22.0 Å². The number of nitrogens with one attached hydrogen (secondary N) is 1. The Balaban J connectivity index is 1.56. The average Bonchev–Trinajstić information content (AvgIpc) is 2.81. The van der Waals surface area contributed by atoms with Crippen molar-refractivity contribution in [3.05, 3.63) is 28.2 Å². The van der Waals surface area contributed by atoms with Crippen molar-refractivity contribution in [2.45, 2.75) is 57.7 Å². The molecule has 2 atom stereocenters. The molecule has 7 heteroatoms. The van der Waals surface area contributed by atoms with Crippen LogP contribution < -0.4 is 10.1 Å². The minimum absolute atomic E-state index is 0.139. The fourth-order valence-corrected chi connectivity index (χ4v) is 3.51. The number of carbonyl (C=O) groups is 1. The van der Waals surface area contributed by atoms with Crippen LogP contribution in [0.15, 0.2) is 22.7 Å². The molecule has 0 radical (unpaired) electrons. The predicted molar refractivity (Wildman–Crippen MR) is 96.4 cm³/mol. The number of likely N-dealkylation sites (tertiary alicyclic amines) is 1. The van der Waals surface area contributed by atoms with Crippen molar-refractivity contribution in [3.8, 4) is 5.75 Å². The number of benzene rings is 1. The van der Waals surface area contributed by atoms with E-state index in [1.807, 2.05) is 32.9 Å². The van der Waals surface area contributed by atoms with Gasteiger partial charge in [0.05, 0.1) is 0 Å². The van der Waals surface area contributed by atoms with Gasteiger partial charge in [0.25, 0.3) is 6.36 Å². The van der Waals surface area contributed by atoms with E-state index in [1.165, 1.54) is 0 Å². The van der Waals surface area contributed by atoms with Crippen LogP contribution in [0, 0.1) is 0 Å². The monoisotopic (exact) mass is 414 g/mol. The molecule has 0 spiro atoms.